The molecular weight excluding hydrogens is 198 g/mol. The van der Waals surface area contributed by atoms with Crippen LogP contribution in [0.5, 0.6) is 0 Å². The van der Waals surface area contributed by atoms with Crippen LogP contribution in [0.1, 0.15) is 18.5 Å². The lowest BCUT2D eigenvalue weighted by Gasteiger charge is -2.36. The zero-order chi connectivity index (χ0) is 11.0. The molecule has 1 aromatic rings. The summed E-state index contributed by atoms with van der Waals surface area (Å²) in [4.78, 5) is 6.87. The second-order valence-corrected chi connectivity index (χ2v) is 5.00. The molecule has 1 N–H and O–H groups in total. The van der Waals surface area contributed by atoms with E-state index >= 15 is 0 Å². The van der Waals surface area contributed by atoms with Crippen molar-refractivity contribution in [3.05, 3.63) is 24.0 Å². The van der Waals surface area contributed by atoms with Crippen molar-refractivity contribution >= 4 is 5.69 Å². The van der Waals surface area contributed by atoms with Gasteiger partial charge in [-0.1, -0.05) is 0 Å². The molecule has 0 unspecified atom stereocenters. The molecule has 86 valence electrons. The van der Waals surface area contributed by atoms with E-state index in [0.717, 1.165) is 17.7 Å². The lowest BCUT2D eigenvalue weighted by Crippen LogP contribution is -2.44. The van der Waals surface area contributed by atoms with E-state index < -0.39 is 0 Å². The Bertz CT molecular complexity index is 360. The number of nitrogens with zero attached hydrogens (tertiary/aromatic N) is 2. The number of anilines is 1. The van der Waals surface area contributed by atoms with Crippen molar-refractivity contribution in [3.63, 3.8) is 0 Å². The molecule has 0 aromatic carbocycles. The monoisotopic (exact) mass is 217 g/mol. The first-order valence-corrected chi connectivity index (χ1v) is 6.24. The summed E-state index contributed by atoms with van der Waals surface area (Å²) in [5.41, 5.74) is 2.39. The molecule has 0 bridgehead atoms. The summed E-state index contributed by atoms with van der Waals surface area (Å²) in [6.07, 6.45) is 4.62. The molecule has 2 atom stereocenters. The average Bonchev–Trinajstić information content (AvgIpc) is 2.77. The molecule has 2 saturated heterocycles. The van der Waals surface area contributed by atoms with Crippen LogP contribution in [0.25, 0.3) is 0 Å². The van der Waals surface area contributed by atoms with Crippen LogP contribution in [0.3, 0.4) is 0 Å². The maximum absolute atomic E-state index is 4.38. The molecule has 1 aromatic heterocycles. The van der Waals surface area contributed by atoms with Gasteiger partial charge in [-0.15, -0.1) is 0 Å². The number of hydrogen-bond donors (Lipinski definition) is 1. The number of nitrogens with one attached hydrogen (secondary N) is 1. The van der Waals surface area contributed by atoms with Gasteiger partial charge in [-0.05, 0) is 44.4 Å². The smallest absolute Gasteiger partial charge is 0.0553 e. The minimum absolute atomic E-state index is 0.773. The Kier molecular flexibility index (Phi) is 2.56. The van der Waals surface area contributed by atoms with Crippen LogP contribution in [0.15, 0.2) is 18.3 Å². The highest BCUT2D eigenvalue weighted by Crippen LogP contribution is 2.27. The number of piperidine rings is 1. The maximum Gasteiger partial charge on any atom is 0.0553 e. The van der Waals surface area contributed by atoms with Crippen molar-refractivity contribution in [2.75, 3.05) is 24.5 Å². The van der Waals surface area contributed by atoms with Gasteiger partial charge >= 0.3 is 0 Å². The first kappa shape index (κ1) is 10.1. The first-order chi connectivity index (χ1) is 7.83. The number of rotatable bonds is 1. The summed E-state index contributed by atoms with van der Waals surface area (Å²) in [6.45, 7) is 5.60. The van der Waals surface area contributed by atoms with E-state index in [4.69, 9.17) is 0 Å². The molecule has 0 radical (unpaired) electrons. The lowest BCUT2D eigenvalue weighted by atomic mass is 9.93. The second-order valence-electron chi connectivity index (χ2n) is 5.00. The Hall–Kier alpha value is -1.09. The topological polar surface area (TPSA) is 28.2 Å². The minimum atomic E-state index is 0.773. The summed E-state index contributed by atoms with van der Waals surface area (Å²) >= 11 is 0. The standard InChI is InChI=1S/C13H19N3/c1-10-2-3-12(8-15-10)16-7-5-13-11(9-16)4-6-14-13/h2-3,8,11,13-14H,4-7,9H2,1H3/t11-,13+/m0/s1. The molecule has 16 heavy (non-hydrogen) atoms. The van der Waals surface area contributed by atoms with Gasteiger partial charge in [-0.2, -0.15) is 0 Å². The molecular formula is C13H19N3. The molecule has 2 aliphatic heterocycles. The van der Waals surface area contributed by atoms with Gasteiger partial charge in [0.1, 0.15) is 0 Å². The number of aromatic nitrogens is 1. The molecule has 0 amide bonds. The van der Waals surface area contributed by atoms with Gasteiger partial charge in [0.25, 0.3) is 0 Å². The van der Waals surface area contributed by atoms with Gasteiger partial charge in [0.2, 0.25) is 0 Å². The van der Waals surface area contributed by atoms with Crippen LogP contribution in [-0.4, -0.2) is 30.7 Å². The van der Waals surface area contributed by atoms with Gasteiger partial charge in [-0.25, -0.2) is 0 Å². The largest absolute Gasteiger partial charge is 0.370 e. The van der Waals surface area contributed by atoms with E-state index in [1.54, 1.807) is 0 Å². The third-order valence-electron chi connectivity index (χ3n) is 3.92. The van der Waals surface area contributed by atoms with E-state index in [2.05, 4.69) is 27.3 Å². The quantitative estimate of drug-likeness (QED) is 0.774. The Balaban J connectivity index is 1.74. The second kappa shape index (κ2) is 4.06. The highest BCUT2D eigenvalue weighted by atomic mass is 15.2. The van der Waals surface area contributed by atoms with Crippen molar-refractivity contribution in [2.45, 2.75) is 25.8 Å². The minimum Gasteiger partial charge on any atom is -0.370 e. The van der Waals surface area contributed by atoms with Crippen LogP contribution in [0.2, 0.25) is 0 Å². The van der Waals surface area contributed by atoms with Crippen LogP contribution in [-0.2, 0) is 0 Å². The number of pyridine rings is 1. The van der Waals surface area contributed by atoms with Crippen molar-refractivity contribution in [1.29, 1.82) is 0 Å². The Morgan fingerprint density at radius 1 is 1.38 bits per heavy atom. The molecule has 3 heterocycles. The Labute approximate surface area is 96.9 Å². The van der Waals surface area contributed by atoms with Crippen LogP contribution < -0.4 is 10.2 Å². The van der Waals surface area contributed by atoms with Gasteiger partial charge in [-0.3, -0.25) is 4.98 Å². The normalized spacial score (nSPS) is 29.2. The first-order valence-electron chi connectivity index (χ1n) is 6.24. The number of hydrogen-bond acceptors (Lipinski definition) is 3. The number of fused-ring (bicyclic) bond motifs is 1. The maximum atomic E-state index is 4.38. The Morgan fingerprint density at radius 2 is 2.31 bits per heavy atom. The molecule has 3 rings (SSSR count). The van der Waals surface area contributed by atoms with E-state index in [1.807, 2.05) is 13.1 Å². The predicted molar refractivity (Wildman–Crippen MR) is 65.7 cm³/mol. The summed E-state index contributed by atoms with van der Waals surface area (Å²) in [5, 5.41) is 3.60. The van der Waals surface area contributed by atoms with Crippen LogP contribution >= 0.6 is 0 Å². The summed E-state index contributed by atoms with van der Waals surface area (Å²) in [5.74, 6) is 0.843. The van der Waals surface area contributed by atoms with Crippen molar-refractivity contribution < 1.29 is 0 Å². The molecule has 2 fully saturated rings. The van der Waals surface area contributed by atoms with Gasteiger partial charge in [0, 0.05) is 24.8 Å². The van der Waals surface area contributed by atoms with Crippen LogP contribution in [0, 0.1) is 12.8 Å². The zero-order valence-electron chi connectivity index (χ0n) is 9.82. The SMILES string of the molecule is Cc1ccc(N2CC[C@H]3NCC[C@H]3C2)cn1. The molecule has 0 aliphatic carbocycles. The van der Waals surface area contributed by atoms with Crippen LogP contribution in [0.4, 0.5) is 5.69 Å². The fourth-order valence-electron chi connectivity index (χ4n) is 2.93. The number of aryl methyl sites for hydroxylation is 1. The third kappa shape index (κ3) is 1.80. The highest BCUT2D eigenvalue weighted by Gasteiger charge is 2.32. The zero-order valence-corrected chi connectivity index (χ0v) is 9.82. The summed E-state index contributed by atoms with van der Waals surface area (Å²) < 4.78 is 0. The fourth-order valence-corrected chi connectivity index (χ4v) is 2.93. The Morgan fingerprint density at radius 3 is 3.12 bits per heavy atom. The molecule has 0 spiro atoms. The molecule has 0 saturated carbocycles. The molecule has 3 heteroatoms. The van der Waals surface area contributed by atoms with Gasteiger partial charge in [0.15, 0.2) is 0 Å². The lowest BCUT2D eigenvalue weighted by molar-refractivity contribution is 0.376. The van der Waals surface area contributed by atoms with Crippen molar-refractivity contribution in [2.24, 2.45) is 5.92 Å². The van der Waals surface area contributed by atoms with Crippen molar-refractivity contribution in [1.82, 2.24) is 10.3 Å². The molecule has 3 nitrogen and oxygen atoms in total. The predicted octanol–water partition coefficient (Wildman–Crippen LogP) is 1.58. The van der Waals surface area contributed by atoms with Gasteiger partial charge < -0.3 is 10.2 Å². The summed E-state index contributed by atoms with van der Waals surface area (Å²) in [6, 6.07) is 5.08. The fraction of sp³-hybridized carbons (Fsp3) is 0.615. The van der Waals surface area contributed by atoms with Gasteiger partial charge in [0.05, 0.1) is 11.9 Å². The van der Waals surface area contributed by atoms with E-state index in [1.165, 1.54) is 38.2 Å². The third-order valence-corrected chi connectivity index (χ3v) is 3.92. The highest BCUT2D eigenvalue weighted by molar-refractivity contribution is 5.45. The summed E-state index contributed by atoms with van der Waals surface area (Å²) in [7, 11) is 0. The van der Waals surface area contributed by atoms with E-state index in [0.29, 0.717) is 0 Å². The van der Waals surface area contributed by atoms with E-state index in [9.17, 15) is 0 Å². The average molecular weight is 217 g/mol. The molecule has 2 aliphatic rings. The van der Waals surface area contributed by atoms with Crippen molar-refractivity contribution in [3.8, 4) is 0 Å². The van der Waals surface area contributed by atoms with E-state index in [-0.39, 0.29) is 0 Å².